The van der Waals surface area contributed by atoms with Gasteiger partial charge in [0.15, 0.2) is 0 Å². The largest absolute Gasteiger partial charge is 0.356 e. The molecule has 1 aromatic heterocycles. The normalized spacial score (nSPS) is 12.1. The zero-order valence-corrected chi connectivity index (χ0v) is 20.5. The van der Waals surface area contributed by atoms with Crippen LogP contribution in [0.15, 0.2) is 79.0 Å². The summed E-state index contributed by atoms with van der Waals surface area (Å²) in [7, 11) is 0. The average molecular weight is 490 g/mol. The number of carbonyl (C=O) groups excluding carboxylic acids is 1. The predicted molar refractivity (Wildman–Crippen MR) is 140 cm³/mol. The van der Waals surface area contributed by atoms with Crippen molar-refractivity contribution in [2.24, 2.45) is 5.92 Å². The third-order valence-electron chi connectivity index (χ3n) is 6.05. The maximum absolute atomic E-state index is 12.9. The van der Waals surface area contributed by atoms with Gasteiger partial charge >= 0.3 is 0 Å². The van der Waals surface area contributed by atoms with E-state index in [9.17, 15) is 14.9 Å². The van der Waals surface area contributed by atoms with E-state index in [1.165, 1.54) is 6.07 Å². The van der Waals surface area contributed by atoms with Gasteiger partial charge in [-0.05, 0) is 40.8 Å². The van der Waals surface area contributed by atoms with Crippen LogP contribution >= 0.6 is 11.6 Å². The van der Waals surface area contributed by atoms with Crippen molar-refractivity contribution in [3.05, 3.63) is 111 Å². The smallest absolute Gasteiger partial charge is 0.270 e. The number of amides is 1. The molecular formula is C28H28ClN3O3. The van der Waals surface area contributed by atoms with Crippen LogP contribution in [0.2, 0.25) is 5.02 Å². The summed E-state index contributed by atoms with van der Waals surface area (Å²) in [5.74, 6) is -0.0163. The molecule has 0 saturated carbocycles. The lowest BCUT2D eigenvalue weighted by Gasteiger charge is -2.18. The van der Waals surface area contributed by atoms with Gasteiger partial charge in [0.25, 0.3) is 5.69 Å². The molecule has 180 valence electrons. The van der Waals surface area contributed by atoms with Gasteiger partial charge in [0.2, 0.25) is 5.91 Å². The van der Waals surface area contributed by atoms with Crippen LogP contribution in [0.4, 0.5) is 5.69 Å². The SMILES string of the molecule is CC(C)CNC(=O)C[C@H](c1ccc(Cl)cc1)c1cn(Cc2ccccc2)c2ccc([N+](=O)[O-])cc12. The zero-order chi connectivity index (χ0) is 24.9. The number of nitro groups is 1. The zero-order valence-electron chi connectivity index (χ0n) is 19.8. The number of carbonyl (C=O) groups is 1. The Kier molecular flexibility index (Phi) is 7.51. The first kappa shape index (κ1) is 24.5. The minimum Gasteiger partial charge on any atom is -0.356 e. The Balaban J connectivity index is 1.83. The van der Waals surface area contributed by atoms with E-state index >= 15 is 0 Å². The fourth-order valence-corrected chi connectivity index (χ4v) is 4.42. The first-order valence-electron chi connectivity index (χ1n) is 11.6. The number of nitrogens with one attached hydrogen (secondary N) is 1. The summed E-state index contributed by atoms with van der Waals surface area (Å²) < 4.78 is 2.10. The van der Waals surface area contributed by atoms with E-state index in [0.717, 1.165) is 27.6 Å². The van der Waals surface area contributed by atoms with E-state index in [2.05, 4.69) is 9.88 Å². The maximum atomic E-state index is 12.9. The van der Waals surface area contributed by atoms with Gasteiger partial charge in [0.05, 0.1) is 4.92 Å². The van der Waals surface area contributed by atoms with Gasteiger partial charge in [-0.2, -0.15) is 0 Å². The number of fused-ring (bicyclic) bond motifs is 1. The molecule has 0 saturated heterocycles. The molecule has 7 heteroatoms. The Hall–Kier alpha value is -3.64. The van der Waals surface area contributed by atoms with Gasteiger partial charge in [-0.1, -0.05) is 67.9 Å². The van der Waals surface area contributed by atoms with Crippen molar-refractivity contribution in [2.75, 3.05) is 6.54 Å². The van der Waals surface area contributed by atoms with E-state index < -0.39 is 0 Å². The summed E-state index contributed by atoms with van der Waals surface area (Å²) in [5, 5.41) is 16.0. The molecule has 0 bridgehead atoms. The first-order chi connectivity index (χ1) is 16.8. The molecule has 0 aliphatic carbocycles. The topological polar surface area (TPSA) is 77.2 Å². The molecule has 0 radical (unpaired) electrons. The number of benzene rings is 3. The molecule has 1 amide bonds. The molecule has 0 aliphatic heterocycles. The number of hydrogen-bond donors (Lipinski definition) is 1. The molecule has 35 heavy (non-hydrogen) atoms. The average Bonchev–Trinajstić information content (AvgIpc) is 3.19. The lowest BCUT2D eigenvalue weighted by atomic mass is 9.88. The summed E-state index contributed by atoms with van der Waals surface area (Å²) in [6.07, 6.45) is 2.25. The van der Waals surface area contributed by atoms with Crippen LogP contribution in [0.5, 0.6) is 0 Å². The molecule has 0 aliphatic rings. The standard InChI is InChI=1S/C28H28ClN3O3/c1-19(2)16-30-28(33)15-24(21-8-10-22(29)11-9-21)26-18-31(17-20-6-4-3-5-7-20)27-13-12-23(32(34)35)14-25(26)27/h3-14,18-19,24H,15-17H2,1-2H3,(H,30,33)/t24-/m1/s1. The second-order valence-corrected chi connectivity index (χ2v) is 9.60. The van der Waals surface area contributed by atoms with Crippen molar-refractivity contribution >= 4 is 34.1 Å². The minimum atomic E-state index is -0.385. The van der Waals surface area contributed by atoms with E-state index in [0.29, 0.717) is 24.0 Å². The highest BCUT2D eigenvalue weighted by molar-refractivity contribution is 6.30. The monoisotopic (exact) mass is 489 g/mol. The highest BCUT2D eigenvalue weighted by atomic mass is 35.5. The molecule has 0 spiro atoms. The molecule has 0 fully saturated rings. The first-order valence-corrected chi connectivity index (χ1v) is 12.0. The van der Waals surface area contributed by atoms with Gasteiger partial charge in [0.1, 0.15) is 0 Å². The summed E-state index contributed by atoms with van der Waals surface area (Å²) in [5.41, 5.74) is 3.83. The van der Waals surface area contributed by atoms with E-state index in [-0.39, 0.29) is 28.9 Å². The van der Waals surface area contributed by atoms with E-state index in [4.69, 9.17) is 11.6 Å². The summed E-state index contributed by atoms with van der Waals surface area (Å²) >= 11 is 6.14. The molecule has 3 aromatic carbocycles. The highest BCUT2D eigenvalue weighted by Crippen LogP contribution is 2.37. The van der Waals surface area contributed by atoms with Crippen molar-refractivity contribution in [1.29, 1.82) is 0 Å². The van der Waals surface area contributed by atoms with Crippen LogP contribution in [0.25, 0.3) is 10.9 Å². The molecule has 1 heterocycles. The third kappa shape index (κ3) is 5.89. The van der Waals surface area contributed by atoms with Gasteiger partial charge in [-0.3, -0.25) is 14.9 Å². The van der Waals surface area contributed by atoms with Crippen LogP contribution in [0, 0.1) is 16.0 Å². The van der Waals surface area contributed by atoms with Crippen molar-refractivity contribution in [2.45, 2.75) is 32.7 Å². The van der Waals surface area contributed by atoms with Crippen LogP contribution in [-0.2, 0) is 11.3 Å². The minimum absolute atomic E-state index is 0.0235. The van der Waals surface area contributed by atoms with Crippen LogP contribution in [0.1, 0.15) is 42.9 Å². The molecule has 1 N–H and O–H groups in total. The van der Waals surface area contributed by atoms with Crippen molar-refractivity contribution in [1.82, 2.24) is 9.88 Å². The summed E-state index contributed by atoms with van der Waals surface area (Å²) in [6.45, 7) is 5.30. The molecular weight excluding hydrogens is 462 g/mol. The lowest BCUT2D eigenvalue weighted by molar-refractivity contribution is -0.384. The van der Waals surface area contributed by atoms with E-state index in [1.54, 1.807) is 12.1 Å². The predicted octanol–water partition coefficient (Wildman–Crippen LogP) is 6.55. The number of non-ortho nitro benzene ring substituents is 1. The number of halogens is 1. The second kappa shape index (κ2) is 10.7. The van der Waals surface area contributed by atoms with Crippen LogP contribution in [0.3, 0.4) is 0 Å². The van der Waals surface area contributed by atoms with Crippen LogP contribution < -0.4 is 5.32 Å². The van der Waals surface area contributed by atoms with Gasteiger partial charge in [-0.25, -0.2) is 0 Å². The Morgan fingerprint density at radius 1 is 1.06 bits per heavy atom. The Morgan fingerprint density at radius 2 is 1.77 bits per heavy atom. The Bertz CT molecular complexity index is 1330. The summed E-state index contributed by atoms with van der Waals surface area (Å²) in [4.78, 5) is 24.1. The Morgan fingerprint density at radius 3 is 2.43 bits per heavy atom. The third-order valence-corrected chi connectivity index (χ3v) is 6.30. The molecule has 4 rings (SSSR count). The van der Waals surface area contributed by atoms with Crippen LogP contribution in [-0.4, -0.2) is 21.9 Å². The highest BCUT2D eigenvalue weighted by Gasteiger charge is 2.24. The quantitative estimate of drug-likeness (QED) is 0.214. The van der Waals surface area contributed by atoms with E-state index in [1.807, 2.05) is 74.6 Å². The van der Waals surface area contributed by atoms with Gasteiger partial charge < -0.3 is 9.88 Å². The second-order valence-electron chi connectivity index (χ2n) is 9.16. The molecule has 0 unspecified atom stereocenters. The van der Waals surface area contributed by atoms with Crippen molar-refractivity contribution in [3.8, 4) is 0 Å². The number of nitro benzene ring substituents is 1. The maximum Gasteiger partial charge on any atom is 0.270 e. The summed E-state index contributed by atoms with van der Waals surface area (Å²) in [6, 6.07) is 22.4. The van der Waals surface area contributed by atoms with Gasteiger partial charge in [-0.15, -0.1) is 0 Å². The number of rotatable bonds is 9. The molecule has 6 nitrogen and oxygen atoms in total. The fraction of sp³-hybridized carbons (Fsp3) is 0.250. The number of aromatic nitrogens is 1. The number of hydrogen-bond acceptors (Lipinski definition) is 3. The molecule has 1 atom stereocenters. The van der Waals surface area contributed by atoms with Gasteiger partial charge in [0, 0.05) is 59.7 Å². The number of nitrogens with zero attached hydrogens (tertiary/aromatic N) is 2. The molecule has 4 aromatic rings. The van der Waals surface area contributed by atoms with Crippen molar-refractivity contribution in [3.63, 3.8) is 0 Å². The Labute approximate surface area is 209 Å². The van der Waals surface area contributed by atoms with Crippen molar-refractivity contribution < 1.29 is 9.72 Å². The fourth-order valence-electron chi connectivity index (χ4n) is 4.29. The lowest BCUT2D eigenvalue weighted by Crippen LogP contribution is -2.28.